The molecule has 1 saturated heterocycles. The zero-order chi connectivity index (χ0) is 23.8. The van der Waals surface area contributed by atoms with Crippen molar-refractivity contribution in [2.24, 2.45) is 5.73 Å². The first-order valence-corrected chi connectivity index (χ1v) is 10.7. The van der Waals surface area contributed by atoms with Crippen LogP contribution in [0.2, 0.25) is 0 Å². The second-order valence-corrected chi connectivity index (χ2v) is 7.88. The standard InChI is InChI=1S/C22H28N6O5/c23-11-19(29)26-16(9-14-5-2-1-3-6-14)20(30)27-17(10-15-12-24-13-25-15)21(31)28-8-4-7-18(28)22(32)33/h1-3,5-6,12-13,16-18H,4,7-11,23H2,(H,24,25)(H,26,29)(H,27,30)(H,32,33). The average molecular weight is 457 g/mol. The van der Waals surface area contributed by atoms with Crippen molar-refractivity contribution in [2.75, 3.05) is 13.1 Å². The van der Waals surface area contributed by atoms with Gasteiger partial charge in [-0.15, -0.1) is 0 Å². The molecule has 11 nitrogen and oxygen atoms in total. The summed E-state index contributed by atoms with van der Waals surface area (Å²) in [4.78, 5) is 58.1. The van der Waals surface area contributed by atoms with E-state index >= 15 is 0 Å². The first kappa shape index (κ1) is 23.9. The molecule has 1 aliphatic rings. The quantitative estimate of drug-likeness (QED) is 0.311. The lowest BCUT2D eigenvalue weighted by Crippen LogP contribution is -2.57. The largest absolute Gasteiger partial charge is 0.480 e. The summed E-state index contributed by atoms with van der Waals surface area (Å²) in [6.07, 6.45) is 4.20. The van der Waals surface area contributed by atoms with Crippen molar-refractivity contribution in [1.82, 2.24) is 25.5 Å². The number of aromatic nitrogens is 2. The van der Waals surface area contributed by atoms with Gasteiger partial charge < -0.3 is 31.4 Å². The number of benzene rings is 1. The van der Waals surface area contributed by atoms with Crippen molar-refractivity contribution in [1.29, 1.82) is 0 Å². The summed E-state index contributed by atoms with van der Waals surface area (Å²) in [6.45, 7) is 0.00560. The van der Waals surface area contributed by atoms with Gasteiger partial charge in [0.05, 0.1) is 12.9 Å². The van der Waals surface area contributed by atoms with E-state index in [1.807, 2.05) is 30.3 Å². The molecule has 0 bridgehead atoms. The highest BCUT2D eigenvalue weighted by atomic mass is 16.4. The van der Waals surface area contributed by atoms with Crippen LogP contribution >= 0.6 is 0 Å². The molecule has 2 heterocycles. The van der Waals surface area contributed by atoms with Crippen molar-refractivity contribution >= 4 is 23.7 Å². The van der Waals surface area contributed by atoms with Crippen LogP contribution in [0.5, 0.6) is 0 Å². The van der Waals surface area contributed by atoms with Gasteiger partial charge in [-0.25, -0.2) is 9.78 Å². The van der Waals surface area contributed by atoms with Crippen LogP contribution in [0.3, 0.4) is 0 Å². The Morgan fingerprint density at radius 2 is 1.91 bits per heavy atom. The number of carbonyl (C=O) groups is 4. The molecule has 0 aliphatic carbocycles. The molecular weight excluding hydrogens is 428 g/mol. The van der Waals surface area contributed by atoms with Gasteiger partial charge in [0.15, 0.2) is 0 Å². The van der Waals surface area contributed by atoms with Gasteiger partial charge in [-0.05, 0) is 18.4 Å². The molecule has 3 atom stereocenters. The van der Waals surface area contributed by atoms with Gasteiger partial charge in [0, 0.05) is 31.3 Å². The summed E-state index contributed by atoms with van der Waals surface area (Å²) in [6, 6.07) is 6.19. The number of carbonyl (C=O) groups excluding carboxylic acids is 3. The summed E-state index contributed by atoms with van der Waals surface area (Å²) < 4.78 is 0. The van der Waals surface area contributed by atoms with E-state index in [0.29, 0.717) is 25.1 Å². The third-order valence-electron chi connectivity index (χ3n) is 5.53. The third-order valence-corrected chi connectivity index (χ3v) is 5.53. The fourth-order valence-corrected chi connectivity index (χ4v) is 3.89. The summed E-state index contributed by atoms with van der Waals surface area (Å²) in [5.41, 5.74) is 6.83. The number of hydrogen-bond acceptors (Lipinski definition) is 6. The normalized spacial score (nSPS) is 17.2. The van der Waals surface area contributed by atoms with Crippen molar-refractivity contribution in [2.45, 2.75) is 43.8 Å². The Kier molecular flexibility index (Phi) is 8.14. The molecule has 2 aromatic rings. The van der Waals surface area contributed by atoms with Gasteiger partial charge in [-0.3, -0.25) is 14.4 Å². The molecule has 33 heavy (non-hydrogen) atoms. The van der Waals surface area contributed by atoms with Crippen LogP contribution in [0, 0.1) is 0 Å². The smallest absolute Gasteiger partial charge is 0.326 e. The second kappa shape index (κ2) is 11.2. The molecular formula is C22H28N6O5. The molecule has 3 amide bonds. The van der Waals surface area contributed by atoms with Gasteiger partial charge in [-0.1, -0.05) is 30.3 Å². The van der Waals surface area contributed by atoms with Crippen molar-refractivity contribution in [3.63, 3.8) is 0 Å². The Balaban J connectivity index is 1.80. The molecule has 6 N–H and O–H groups in total. The number of nitrogens with one attached hydrogen (secondary N) is 3. The van der Waals surface area contributed by atoms with Crippen LogP contribution in [-0.2, 0) is 32.0 Å². The molecule has 0 saturated carbocycles. The summed E-state index contributed by atoms with van der Waals surface area (Å²) >= 11 is 0. The minimum Gasteiger partial charge on any atom is -0.480 e. The minimum absolute atomic E-state index is 0.0936. The molecule has 176 valence electrons. The summed E-state index contributed by atoms with van der Waals surface area (Å²) in [5.74, 6) is -2.64. The number of amides is 3. The van der Waals surface area contributed by atoms with Gasteiger partial charge in [-0.2, -0.15) is 0 Å². The number of H-pyrrole nitrogens is 1. The number of rotatable bonds is 10. The van der Waals surface area contributed by atoms with Crippen LogP contribution in [0.25, 0.3) is 0 Å². The van der Waals surface area contributed by atoms with Crippen LogP contribution in [0.1, 0.15) is 24.1 Å². The van der Waals surface area contributed by atoms with E-state index in [2.05, 4.69) is 20.6 Å². The average Bonchev–Trinajstić information content (AvgIpc) is 3.50. The summed E-state index contributed by atoms with van der Waals surface area (Å²) in [5, 5.41) is 14.8. The lowest BCUT2D eigenvalue weighted by Gasteiger charge is -2.28. The number of nitrogens with zero attached hydrogens (tertiary/aromatic N) is 2. The fraction of sp³-hybridized carbons (Fsp3) is 0.409. The molecule has 0 spiro atoms. The highest BCUT2D eigenvalue weighted by Crippen LogP contribution is 2.19. The monoisotopic (exact) mass is 456 g/mol. The number of likely N-dealkylation sites (tertiary alicyclic amines) is 1. The first-order chi connectivity index (χ1) is 15.9. The van der Waals surface area contributed by atoms with E-state index in [0.717, 1.165) is 5.56 Å². The van der Waals surface area contributed by atoms with E-state index < -0.39 is 41.8 Å². The Labute approximate surface area is 190 Å². The Hall–Kier alpha value is -3.73. The number of carboxylic acid groups (broad SMARTS) is 1. The van der Waals surface area contributed by atoms with Crippen molar-refractivity contribution < 1.29 is 24.3 Å². The van der Waals surface area contributed by atoms with E-state index in [9.17, 15) is 24.3 Å². The third kappa shape index (κ3) is 6.39. The van der Waals surface area contributed by atoms with E-state index in [1.54, 1.807) is 0 Å². The van der Waals surface area contributed by atoms with Gasteiger partial charge in [0.25, 0.3) is 0 Å². The molecule has 1 fully saturated rings. The highest BCUT2D eigenvalue weighted by molar-refractivity contribution is 5.94. The van der Waals surface area contributed by atoms with Crippen molar-refractivity contribution in [3.05, 3.63) is 54.1 Å². The number of aromatic amines is 1. The topological polar surface area (TPSA) is 171 Å². The zero-order valence-corrected chi connectivity index (χ0v) is 18.1. The van der Waals surface area contributed by atoms with Gasteiger partial charge in [0.1, 0.15) is 18.1 Å². The maximum absolute atomic E-state index is 13.3. The zero-order valence-electron chi connectivity index (χ0n) is 18.1. The molecule has 1 aromatic carbocycles. The van der Waals surface area contributed by atoms with Crippen LogP contribution in [0.15, 0.2) is 42.9 Å². The number of hydrogen-bond donors (Lipinski definition) is 5. The molecule has 1 aliphatic heterocycles. The molecule has 0 radical (unpaired) electrons. The predicted octanol–water partition coefficient (Wildman–Crippen LogP) is -0.801. The van der Waals surface area contributed by atoms with Crippen LogP contribution < -0.4 is 16.4 Å². The Morgan fingerprint density at radius 1 is 1.15 bits per heavy atom. The summed E-state index contributed by atoms with van der Waals surface area (Å²) in [7, 11) is 0. The van der Waals surface area contributed by atoms with Crippen LogP contribution in [0.4, 0.5) is 0 Å². The lowest BCUT2D eigenvalue weighted by molar-refractivity contribution is -0.149. The minimum atomic E-state index is -1.08. The SMILES string of the molecule is NCC(=O)NC(Cc1ccccc1)C(=O)NC(Cc1cnc[nH]1)C(=O)N1CCCC1C(=O)O. The van der Waals surface area contributed by atoms with E-state index in [4.69, 9.17) is 5.73 Å². The first-order valence-electron chi connectivity index (χ1n) is 10.7. The molecule has 1 aromatic heterocycles. The maximum atomic E-state index is 13.3. The van der Waals surface area contributed by atoms with Crippen molar-refractivity contribution in [3.8, 4) is 0 Å². The van der Waals surface area contributed by atoms with E-state index in [-0.39, 0.29) is 19.4 Å². The number of imidazole rings is 1. The number of nitrogens with two attached hydrogens (primary N) is 1. The Bertz CT molecular complexity index is 965. The molecule has 3 unspecified atom stereocenters. The van der Waals surface area contributed by atoms with Crippen LogP contribution in [-0.4, -0.2) is 74.9 Å². The number of carboxylic acids is 1. The molecule has 3 rings (SSSR count). The lowest BCUT2D eigenvalue weighted by atomic mass is 10.0. The predicted molar refractivity (Wildman–Crippen MR) is 118 cm³/mol. The Morgan fingerprint density at radius 3 is 2.55 bits per heavy atom. The highest BCUT2D eigenvalue weighted by Gasteiger charge is 2.38. The number of aliphatic carboxylic acids is 1. The van der Waals surface area contributed by atoms with Gasteiger partial charge >= 0.3 is 5.97 Å². The maximum Gasteiger partial charge on any atom is 0.326 e. The van der Waals surface area contributed by atoms with E-state index in [1.165, 1.54) is 17.4 Å². The van der Waals surface area contributed by atoms with Gasteiger partial charge in [0.2, 0.25) is 17.7 Å². The fourth-order valence-electron chi connectivity index (χ4n) is 3.89. The molecule has 11 heteroatoms. The second-order valence-electron chi connectivity index (χ2n) is 7.88.